The van der Waals surface area contributed by atoms with Gasteiger partial charge in [-0.15, -0.1) is 0 Å². The molecule has 0 saturated carbocycles. The lowest BCUT2D eigenvalue weighted by atomic mass is 10.1. The minimum Gasteiger partial charge on any atom is -0.345 e. The first kappa shape index (κ1) is 24.9. The number of fused-ring (bicyclic) bond motifs is 1. The Kier molecular flexibility index (Phi) is 8.50. The highest BCUT2D eigenvalue weighted by molar-refractivity contribution is 6.16. The molecule has 4 rings (SSSR count). The lowest BCUT2D eigenvalue weighted by molar-refractivity contribution is 0.155. The van der Waals surface area contributed by atoms with Crippen LogP contribution >= 0.6 is 0 Å². The van der Waals surface area contributed by atoms with Crippen LogP contribution in [0.2, 0.25) is 0 Å². The van der Waals surface area contributed by atoms with Crippen molar-refractivity contribution in [1.82, 2.24) is 19.8 Å². The zero-order valence-corrected chi connectivity index (χ0v) is 21.3. The van der Waals surface area contributed by atoms with Crippen molar-refractivity contribution in [1.29, 1.82) is 0 Å². The molecule has 0 amide bonds. The number of allylic oxidation sites excluding steroid dienone is 2. The smallest absolute Gasteiger partial charge is 0.137 e. The Morgan fingerprint density at radius 2 is 2.06 bits per heavy atom. The average Bonchev–Trinajstić information content (AvgIpc) is 3.29. The highest BCUT2D eigenvalue weighted by atomic mass is 15.2. The maximum atomic E-state index is 4.87. The molecule has 0 unspecified atom stereocenters. The van der Waals surface area contributed by atoms with Crippen molar-refractivity contribution >= 4 is 22.4 Å². The van der Waals surface area contributed by atoms with E-state index in [1.165, 1.54) is 11.1 Å². The summed E-state index contributed by atoms with van der Waals surface area (Å²) in [7, 11) is 2.20. The molecule has 0 aliphatic carbocycles. The van der Waals surface area contributed by atoms with Crippen molar-refractivity contribution in [2.75, 3.05) is 45.1 Å². The number of benzene rings is 1. The number of hydrogen-bond acceptors (Lipinski definition) is 5. The van der Waals surface area contributed by atoms with E-state index >= 15 is 0 Å². The number of aromatic amines is 1. The van der Waals surface area contributed by atoms with Gasteiger partial charge in [0.15, 0.2) is 0 Å². The molecular weight excluding hydrogens is 432 g/mol. The standard InChI is InChI=1S/C29H38N6/c1-5-6-7-10-28(26-21-31-29-25(26)9-8-14-30-29)33-23(3)32-27-12-11-24(20-22(27)2)13-15-35-18-16-34(4)17-19-35/h7-12,14,20-21,32H,3,5-6,13,15-19H2,1-2,4H3,(H,30,31)/b10-7-,33-28+. The summed E-state index contributed by atoms with van der Waals surface area (Å²) in [4.78, 5) is 17.5. The number of aryl methyl sites for hydroxylation is 1. The first-order chi connectivity index (χ1) is 17.0. The minimum atomic E-state index is 0.618. The molecule has 3 aromatic rings. The zero-order valence-electron chi connectivity index (χ0n) is 21.3. The van der Waals surface area contributed by atoms with Crippen LogP contribution in [-0.2, 0) is 6.42 Å². The summed E-state index contributed by atoms with van der Waals surface area (Å²) >= 11 is 0. The molecule has 6 nitrogen and oxygen atoms in total. The highest BCUT2D eigenvalue weighted by Crippen LogP contribution is 2.21. The van der Waals surface area contributed by atoms with Gasteiger partial charge in [-0.1, -0.05) is 38.1 Å². The molecule has 3 heterocycles. The summed E-state index contributed by atoms with van der Waals surface area (Å²) in [5.41, 5.74) is 6.38. The predicted octanol–water partition coefficient (Wildman–Crippen LogP) is 5.39. The third-order valence-corrected chi connectivity index (χ3v) is 6.60. The maximum absolute atomic E-state index is 4.87. The van der Waals surface area contributed by atoms with Gasteiger partial charge < -0.3 is 20.1 Å². The molecule has 0 radical (unpaired) electrons. The van der Waals surface area contributed by atoms with Gasteiger partial charge in [0.1, 0.15) is 11.5 Å². The van der Waals surface area contributed by atoms with Crippen LogP contribution in [0.3, 0.4) is 0 Å². The van der Waals surface area contributed by atoms with Gasteiger partial charge in [0.05, 0.1) is 5.71 Å². The Morgan fingerprint density at radius 1 is 1.23 bits per heavy atom. The monoisotopic (exact) mass is 470 g/mol. The van der Waals surface area contributed by atoms with Gasteiger partial charge in [-0.25, -0.2) is 9.98 Å². The highest BCUT2D eigenvalue weighted by Gasteiger charge is 2.14. The molecule has 1 fully saturated rings. The summed E-state index contributed by atoms with van der Waals surface area (Å²) in [6, 6.07) is 10.7. The molecule has 0 spiro atoms. The molecule has 1 aliphatic heterocycles. The van der Waals surface area contributed by atoms with Crippen LogP contribution in [0.15, 0.2) is 72.3 Å². The molecule has 1 aromatic carbocycles. The van der Waals surface area contributed by atoms with Gasteiger partial charge >= 0.3 is 0 Å². The minimum absolute atomic E-state index is 0.618. The Morgan fingerprint density at radius 3 is 2.83 bits per heavy atom. The quantitative estimate of drug-likeness (QED) is 0.390. The van der Waals surface area contributed by atoms with Crippen molar-refractivity contribution in [3.05, 3.63) is 84.0 Å². The largest absolute Gasteiger partial charge is 0.345 e. The number of H-pyrrole nitrogens is 1. The lowest BCUT2D eigenvalue weighted by Gasteiger charge is -2.32. The number of anilines is 1. The van der Waals surface area contributed by atoms with Crippen molar-refractivity contribution in [2.45, 2.75) is 33.1 Å². The molecule has 1 aliphatic rings. The van der Waals surface area contributed by atoms with E-state index in [2.05, 4.69) is 89.0 Å². The van der Waals surface area contributed by atoms with E-state index in [9.17, 15) is 0 Å². The number of nitrogens with zero attached hydrogens (tertiary/aromatic N) is 4. The third-order valence-electron chi connectivity index (χ3n) is 6.60. The van der Waals surface area contributed by atoms with Crippen molar-refractivity contribution in [3.63, 3.8) is 0 Å². The first-order valence-electron chi connectivity index (χ1n) is 12.7. The topological polar surface area (TPSA) is 59.6 Å². The van der Waals surface area contributed by atoms with E-state index in [4.69, 9.17) is 4.99 Å². The molecule has 184 valence electrons. The fraction of sp³-hybridized carbons (Fsp3) is 0.379. The normalized spacial score (nSPS) is 15.8. The van der Waals surface area contributed by atoms with Gasteiger partial charge in [0, 0.05) is 61.8 Å². The first-order valence-corrected chi connectivity index (χ1v) is 12.7. The molecule has 2 aromatic heterocycles. The summed E-state index contributed by atoms with van der Waals surface area (Å²) in [5.74, 6) is 0.618. The number of pyridine rings is 1. The summed E-state index contributed by atoms with van der Waals surface area (Å²) in [6.07, 6.45) is 11.2. The number of unbranched alkanes of at least 4 members (excludes halogenated alkanes) is 1. The van der Waals surface area contributed by atoms with E-state index in [0.29, 0.717) is 5.82 Å². The predicted molar refractivity (Wildman–Crippen MR) is 148 cm³/mol. The van der Waals surface area contributed by atoms with Crippen LogP contribution in [0.5, 0.6) is 0 Å². The Labute approximate surface area is 209 Å². The number of rotatable bonds is 10. The molecule has 2 N–H and O–H groups in total. The van der Waals surface area contributed by atoms with Crippen LogP contribution in [0.25, 0.3) is 11.0 Å². The van der Waals surface area contributed by atoms with Crippen LogP contribution in [0.1, 0.15) is 36.5 Å². The SMILES string of the molecule is C=C(/N=C(\C=C/CCC)c1c[nH]c2ncccc12)Nc1ccc(CCN2CCN(C)CC2)cc1C. The second-order valence-corrected chi connectivity index (χ2v) is 9.41. The maximum Gasteiger partial charge on any atom is 0.137 e. The summed E-state index contributed by atoms with van der Waals surface area (Å²) in [6.45, 7) is 14.3. The lowest BCUT2D eigenvalue weighted by Crippen LogP contribution is -2.45. The number of hydrogen-bond donors (Lipinski definition) is 2. The van der Waals surface area contributed by atoms with E-state index in [1.54, 1.807) is 6.20 Å². The molecule has 6 heteroatoms. The molecule has 35 heavy (non-hydrogen) atoms. The molecule has 1 saturated heterocycles. The number of piperazine rings is 1. The Hall–Kier alpha value is -3.22. The number of aliphatic imine (C=N–C) groups is 1. The third kappa shape index (κ3) is 6.68. The van der Waals surface area contributed by atoms with Gasteiger partial charge in [0.2, 0.25) is 0 Å². The van der Waals surface area contributed by atoms with Crippen LogP contribution < -0.4 is 5.32 Å². The van der Waals surface area contributed by atoms with Crippen LogP contribution in [0, 0.1) is 6.92 Å². The van der Waals surface area contributed by atoms with Crippen molar-refractivity contribution < 1.29 is 0 Å². The van der Waals surface area contributed by atoms with Crippen LogP contribution in [0.4, 0.5) is 5.69 Å². The second kappa shape index (κ2) is 12.0. The van der Waals surface area contributed by atoms with Gasteiger partial charge in [-0.05, 0) is 62.2 Å². The fourth-order valence-electron chi connectivity index (χ4n) is 4.43. The van der Waals surface area contributed by atoms with Gasteiger partial charge in [-0.2, -0.15) is 0 Å². The van der Waals surface area contributed by atoms with E-state index in [-0.39, 0.29) is 0 Å². The van der Waals surface area contributed by atoms with Gasteiger partial charge in [-0.3, -0.25) is 0 Å². The zero-order chi connectivity index (χ0) is 24.6. The van der Waals surface area contributed by atoms with Gasteiger partial charge in [0.25, 0.3) is 0 Å². The number of aromatic nitrogens is 2. The van der Waals surface area contributed by atoms with E-state index < -0.39 is 0 Å². The second-order valence-electron chi connectivity index (χ2n) is 9.41. The van der Waals surface area contributed by atoms with E-state index in [1.807, 2.05) is 12.3 Å². The van der Waals surface area contributed by atoms with Crippen molar-refractivity contribution in [2.24, 2.45) is 4.99 Å². The molecule has 0 atom stereocenters. The molecular formula is C29H38N6. The van der Waals surface area contributed by atoms with Crippen molar-refractivity contribution in [3.8, 4) is 0 Å². The van der Waals surface area contributed by atoms with Crippen LogP contribution in [-0.4, -0.2) is 65.3 Å². The van der Waals surface area contributed by atoms with E-state index in [0.717, 1.165) is 80.0 Å². The molecule has 0 bridgehead atoms. The average molecular weight is 471 g/mol. The Balaban J connectivity index is 1.45. The number of nitrogens with one attached hydrogen (secondary N) is 2. The summed E-state index contributed by atoms with van der Waals surface area (Å²) < 4.78 is 0. The Bertz CT molecular complexity index is 1200. The number of likely N-dealkylation sites (N-methyl/N-ethyl adjacent to an activating group) is 1. The summed E-state index contributed by atoms with van der Waals surface area (Å²) in [5, 5.41) is 4.48. The fourth-order valence-corrected chi connectivity index (χ4v) is 4.43.